The van der Waals surface area contributed by atoms with E-state index in [1.54, 1.807) is 0 Å². The molecule has 0 amide bonds. The van der Waals surface area contributed by atoms with Gasteiger partial charge in [-0.2, -0.15) is 0 Å². The van der Waals surface area contributed by atoms with Crippen LogP contribution in [0.5, 0.6) is 11.5 Å². The van der Waals surface area contributed by atoms with E-state index in [1.807, 2.05) is 0 Å². The summed E-state index contributed by atoms with van der Waals surface area (Å²) < 4.78 is 38.2. The standard InChI is InChI=1S/C9H7F2NO4/c1-14-8(13)4-2-5(12)7-6(3-4)15-9(10,11)16-7/h2-3H,12H2,1H3. The van der Waals surface area contributed by atoms with E-state index in [-0.39, 0.29) is 22.7 Å². The minimum atomic E-state index is -3.76. The van der Waals surface area contributed by atoms with Gasteiger partial charge in [0, 0.05) is 0 Å². The second-order valence-corrected chi connectivity index (χ2v) is 3.05. The Morgan fingerprint density at radius 3 is 2.75 bits per heavy atom. The SMILES string of the molecule is COC(=O)c1cc(N)c2c(c1)OC(F)(F)O2. The number of nitrogens with two attached hydrogens (primary N) is 1. The second-order valence-electron chi connectivity index (χ2n) is 3.05. The Hall–Kier alpha value is -2.05. The average Bonchev–Trinajstić information content (AvgIpc) is 2.52. The largest absolute Gasteiger partial charge is 0.586 e. The predicted octanol–water partition coefficient (Wildman–Crippen LogP) is 1.38. The van der Waals surface area contributed by atoms with E-state index in [1.165, 1.54) is 6.07 Å². The first kappa shape index (κ1) is 10.5. The van der Waals surface area contributed by atoms with Gasteiger partial charge >= 0.3 is 12.3 Å². The fourth-order valence-electron chi connectivity index (χ4n) is 1.31. The first-order chi connectivity index (χ1) is 7.43. The fraction of sp³-hybridized carbons (Fsp3) is 0.222. The van der Waals surface area contributed by atoms with E-state index in [9.17, 15) is 13.6 Å². The first-order valence-electron chi connectivity index (χ1n) is 4.20. The van der Waals surface area contributed by atoms with Crippen molar-refractivity contribution in [2.45, 2.75) is 6.29 Å². The zero-order valence-electron chi connectivity index (χ0n) is 8.12. The van der Waals surface area contributed by atoms with Crippen molar-refractivity contribution in [1.29, 1.82) is 0 Å². The van der Waals surface area contributed by atoms with Gasteiger partial charge in [-0.15, -0.1) is 8.78 Å². The van der Waals surface area contributed by atoms with Gasteiger partial charge in [-0.3, -0.25) is 0 Å². The third kappa shape index (κ3) is 1.60. The zero-order valence-corrected chi connectivity index (χ0v) is 8.12. The van der Waals surface area contributed by atoms with Crippen molar-refractivity contribution < 1.29 is 27.8 Å². The Morgan fingerprint density at radius 1 is 1.44 bits per heavy atom. The molecule has 0 atom stereocenters. The van der Waals surface area contributed by atoms with Crippen LogP contribution >= 0.6 is 0 Å². The second kappa shape index (κ2) is 3.22. The van der Waals surface area contributed by atoms with Crippen molar-refractivity contribution in [3.05, 3.63) is 17.7 Å². The van der Waals surface area contributed by atoms with Gasteiger partial charge in [-0.25, -0.2) is 4.79 Å². The quantitative estimate of drug-likeness (QED) is 0.584. The maximum Gasteiger partial charge on any atom is 0.586 e. The number of hydrogen-bond acceptors (Lipinski definition) is 5. The molecule has 0 bridgehead atoms. The molecule has 7 heteroatoms. The molecule has 0 spiro atoms. The fourth-order valence-corrected chi connectivity index (χ4v) is 1.31. The number of alkyl halides is 2. The molecule has 2 N–H and O–H groups in total. The van der Waals surface area contributed by atoms with Crippen molar-refractivity contribution in [3.63, 3.8) is 0 Å². The van der Waals surface area contributed by atoms with Gasteiger partial charge in [0.2, 0.25) is 0 Å². The molecule has 1 aromatic rings. The number of halogens is 2. The van der Waals surface area contributed by atoms with Crippen molar-refractivity contribution in [2.75, 3.05) is 12.8 Å². The minimum Gasteiger partial charge on any atom is -0.465 e. The molecule has 0 aromatic heterocycles. The smallest absolute Gasteiger partial charge is 0.465 e. The molecule has 0 unspecified atom stereocenters. The van der Waals surface area contributed by atoms with Gasteiger partial charge in [0.25, 0.3) is 0 Å². The topological polar surface area (TPSA) is 70.8 Å². The third-order valence-electron chi connectivity index (χ3n) is 1.95. The molecule has 86 valence electrons. The summed E-state index contributed by atoms with van der Waals surface area (Å²) in [5, 5.41) is 0. The summed E-state index contributed by atoms with van der Waals surface area (Å²) in [6.45, 7) is 0. The molecule has 2 rings (SSSR count). The van der Waals surface area contributed by atoms with Gasteiger partial charge in [0.15, 0.2) is 11.5 Å². The summed E-state index contributed by atoms with van der Waals surface area (Å²) in [6.07, 6.45) is -3.76. The molecule has 0 saturated carbocycles. The van der Waals surface area contributed by atoms with E-state index in [4.69, 9.17) is 5.73 Å². The maximum atomic E-state index is 12.7. The van der Waals surface area contributed by atoms with E-state index in [2.05, 4.69) is 14.2 Å². The van der Waals surface area contributed by atoms with Gasteiger partial charge in [-0.1, -0.05) is 0 Å². The van der Waals surface area contributed by atoms with Crippen LogP contribution in [-0.4, -0.2) is 19.4 Å². The number of benzene rings is 1. The summed E-state index contributed by atoms with van der Waals surface area (Å²) in [6, 6.07) is 2.26. The highest BCUT2D eigenvalue weighted by atomic mass is 19.3. The van der Waals surface area contributed by atoms with Crippen molar-refractivity contribution in [2.24, 2.45) is 0 Å². The summed E-state index contributed by atoms with van der Waals surface area (Å²) in [7, 11) is 1.16. The molecule has 1 aromatic carbocycles. The Kier molecular flexibility index (Phi) is 2.11. The number of esters is 1. The van der Waals surface area contributed by atoms with E-state index < -0.39 is 12.3 Å². The lowest BCUT2D eigenvalue weighted by atomic mass is 10.2. The predicted molar refractivity (Wildman–Crippen MR) is 48.4 cm³/mol. The average molecular weight is 231 g/mol. The minimum absolute atomic E-state index is 0.0139. The zero-order chi connectivity index (χ0) is 11.9. The van der Waals surface area contributed by atoms with Gasteiger partial charge in [-0.05, 0) is 12.1 Å². The van der Waals surface area contributed by atoms with Crippen LogP contribution in [0.3, 0.4) is 0 Å². The normalized spacial score (nSPS) is 15.9. The van der Waals surface area contributed by atoms with Crippen molar-refractivity contribution in [1.82, 2.24) is 0 Å². The lowest BCUT2D eigenvalue weighted by Crippen LogP contribution is -2.26. The monoisotopic (exact) mass is 231 g/mol. The number of nitrogen functional groups attached to an aromatic ring is 1. The summed E-state index contributed by atoms with van der Waals surface area (Å²) in [4.78, 5) is 11.2. The van der Waals surface area contributed by atoms with Crippen LogP contribution < -0.4 is 15.2 Å². The summed E-state index contributed by atoms with van der Waals surface area (Å²) in [5.41, 5.74) is 5.34. The molecular formula is C9H7F2NO4. The van der Waals surface area contributed by atoms with E-state index in [0.29, 0.717) is 0 Å². The number of anilines is 1. The summed E-state index contributed by atoms with van der Waals surface area (Å²) >= 11 is 0. The summed E-state index contributed by atoms with van der Waals surface area (Å²) in [5.74, 6) is -1.27. The van der Waals surface area contributed by atoms with Crippen LogP contribution in [0.25, 0.3) is 0 Å². The number of carbonyl (C=O) groups is 1. The maximum absolute atomic E-state index is 12.7. The van der Waals surface area contributed by atoms with E-state index in [0.717, 1.165) is 13.2 Å². The van der Waals surface area contributed by atoms with Crippen LogP contribution in [0.4, 0.5) is 14.5 Å². The lowest BCUT2D eigenvalue weighted by Gasteiger charge is -2.04. The molecule has 5 nitrogen and oxygen atoms in total. The number of carbonyl (C=O) groups excluding carboxylic acids is 1. The number of methoxy groups -OCH3 is 1. The Labute approximate surface area is 88.7 Å². The van der Waals surface area contributed by atoms with E-state index >= 15 is 0 Å². The number of hydrogen-bond donors (Lipinski definition) is 1. The molecule has 16 heavy (non-hydrogen) atoms. The molecule has 0 radical (unpaired) electrons. The number of ether oxygens (including phenoxy) is 3. The Balaban J connectivity index is 2.46. The van der Waals surface area contributed by atoms with Crippen molar-refractivity contribution >= 4 is 11.7 Å². The highest BCUT2D eigenvalue weighted by Gasteiger charge is 2.44. The van der Waals surface area contributed by atoms with Crippen LogP contribution in [0, 0.1) is 0 Å². The van der Waals surface area contributed by atoms with Crippen LogP contribution in [0.1, 0.15) is 10.4 Å². The lowest BCUT2D eigenvalue weighted by molar-refractivity contribution is -0.286. The molecule has 0 saturated heterocycles. The number of fused-ring (bicyclic) bond motifs is 1. The molecule has 1 heterocycles. The van der Waals surface area contributed by atoms with Crippen LogP contribution in [0.15, 0.2) is 12.1 Å². The highest BCUT2D eigenvalue weighted by Crippen LogP contribution is 2.45. The Morgan fingerprint density at radius 2 is 2.12 bits per heavy atom. The highest BCUT2D eigenvalue weighted by molar-refractivity contribution is 5.92. The third-order valence-corrected chi connectivity index (χ3v) is 1.95. The Bertz CT molecular complexity index is 461. The molecule has 1 aliphatic rings. The van der Waals surface area contributed by atoms with Crippen LogP contribution in [-0.2, 0) is 4.74 Å². The molecule has 0 fully saturated rings. The first-order valence-corrected chi connectivity index (χ1v) is 4.20. The van der Waals surface area contributed by atoms with Crippen LogP contribution in [0.2, 0.25) is 0 Å². The van der Waals surface area contributed by atoms with Gasteiger partial charge in [0.1, 0.15) is 0 Å². The van der Waals surface area contributed by atoms with Gasteiger partial charge < -0.3 is 19.9 Å². The number of rotatable bonds is 1. The van der Waals surface area contributed by atoms with Gasteiger partial charge in [0.05, 0.1) is 18.4 Å². The van der Waals surface area contributed by atoms with Crippen molar-refractivity contribution in [3.8, 4) is 11.5 Å². The molecule has 1 aliphatic heterocycles. The molecule has 0 aliphatic carbocycles. The molecular weight excluding hydrogens is 224 g/mol.